The molecule has 0 aliphatic heterocycles. The van der Waals surface area contributed by atoms with Crippen LogP contribution in [0.25, 0.3) is 10.9 Å². The Morgan fingerprint density at radius 1 is 1.33 bits per heavy atom. The van der Waals surface area contributed by atoms with Crippen molar-refractivity contribution < 1.29 is 14.7 Å². The minimum atomic E-state index is -1.00. The van der Waals surface area contributed by atoms with Crippen LogP contribution in [-0.4, -0.2) is 39.6 Å². The molecule has 1 saturated carbocycles. The number of urea groups is 1. The third-order valence-corrected chi connectivity index (χ3v) is 3.41. The molecule has 2 amide bonds. The molecule has 1 aliphatic rings. The summed E-state index contributed by atoms with van der Waals surface area (Å²) in [4.78, 5) is 28.6. The second-order valence-corrected chi connectivity index (χ2v) is 5.09. The summed E-state index contributed by atoms with van der Waals surface area (Å²) in [5.41, 5.74) is 1.48. The van der Waals surface area contributed by atoms with E-state index in [2.05, 4.69) is 10.3 Å². The number of amides is 2. The number of nitrogens with one attached hydrogen (secondary N) is 1. The van der Waals surface area contributed by atoms with E-state index in [4.69, 9.17) is 5.11 Å². The molecular formula is C15H15N3O3. The van der Waals surface area contributed by atoms with E-state index in [0.717, 1.165) is 23.7 Å². The zero-order valence-corrected chi connectivity index (χ0v) is 11.3. The van der Waals surface area contributed by atoms with Gasteiger partial charge in [-0.05, 0) is 37.1 Å². The average molecular weight is 285 g/mol. The van der Waals surface area contributed by atoms with Gasteiger partial charge in [0.25, 0.3) is 0 Å². The van der Waals surface area contributed by atoms with Crippen molar-refractivity contribution in [1.29, 1.82) is 0 Å². The van der Waals surface area contributed by atoms with Gasteiger partial charge < -0.3 is 15.3 Å². The van der Waals surface area contributed by atoms with Gasteiger partial charge in [-0.25, -0.2) is 4.79 Å². The van der Waals surface area contributed by atoms with Crippen LogP contribution in [0.15, 0.2) is 36.5 Å². The summed E-state index contributed by atoms with van der Waals surface area (Å²) < 4.78 is 0. The minimum absolute atomic E-state index is 0.0447. The molecule has 6 nitrogen and oxygen atoms in total. The number of fused-ring (bicyclic) bond motifs is 1. The molecule has 2 N–H and O–H groups in total. The van der Waals surface area contributed by atoms with Gasteiger partial charge in [-0.2, -0.15) is 0 Å². The maximum atomic E-state index is 12.2. The van der Waals surface area contributed by atoms with E-state index in [1.807, 2.05) is 24.3 Å². The summed E-state index contributed by atoms with van der Waals surface area (Å²) in [6.07, 6.45) is 3.44. The first-order valence-corrected chi connectivity index (χ1v) is 6.78. The molecule has 108 valence electrons. The predicted molar refractivity (Wildman–Crippen MR) is 78.1 cm³/mol. The Balaban J connectivity index is 1.76. The van der Waals surface area contributed by atoms with Crippen LogP contribution in [0.3, 0.4) is 0 Å². The number of hydrogen-bond acceptors (Lipinski definition) is 3. The van der Waals surface area contributed by atoms with E-state index in [0.29, 0.717) is 5.69 Å². The first-order chi connectivity index (χ1) is 10.1. The normalized spacial score (nSPS) is 13.9. The molecule has 0 bridgehead atoms. The molecule has 0 atom stereocenters. The van der Waals surface area contributed by atoms with Gasteiger partial charge in [0.1, 0.15) is 6.54 Å². The fraction of sp³-hybridized carbons (Fsp3) is 0.267. The number of aromatic nitrogens is 1. The van der Waals surface area contributed by atoms with Crippen molar-refractivity contribution in [3.05, 3.63) is 36.5 Å². The van der Waals surface area contributed by atoms with E-state index < -0.39 is 5.97 Å². The molecule has 0 radical (unpaired) electrons. The quantitative estimate of drug-likeness (QED) is 0.903. The Labute approximate surface area is 121 Å². The Bertz CT molecular complexity index is 697. The number of carbonyl (C=O) groups is 2. The Kier molecular flexibility index (Phi) is 3.43. The van der Waals surface area contributed by atoms with E-state index in [1.165, 1.54) is 4.90 Å². The molecule has 21 heavy (non-hydrogen) atoms. The van der Waals surface area contributed by atoms with Crippen LogP contribution in [0.1, 0.15) is 12.8 Å². The largest absolute Gasteiger partial charge is 0.480 e. The van der Waals surface area contributed by atoms with E-state index in [-0.39, 0.29) is 18.6 Å². The summed E-state index contributed by atoms with van der Waals surface area (Å²) in [7, 11) is 0. The number of carbonyl (C=O) groups excluding carboxylic acids is 1. The van der Waals surface area contributed by atoms with Crippen molar-refractivity contribution in [3.63, 3.8) is 0 Å². The second kappa shape index (κ2) is 5.40. The number of rotatable bonds is 4. The van der Waals surface area contributed by atoms with Gasteiger partial charge in [-0.15, -0.1) is 0 Å². The summed E-state index contributed by atoms with van der Waals surface area (Å²) >= 11 is 0. The van der Waals surface area contributed by atoms with Gasteiger partial charge in [0.15, 0.2) is 0 Å². The van der Waals surface area contributed by atoms with E-state index in [9.17, 15) is 9.59 Å². The van der Waals surface area contributed by atoms with Gasteiger partial charge >= 0.3 is 12.0 Å². The Morgan fingerprint density at radius 3 is 2.86 bits per heavy atom. The SMILES string of the molecule is O=C(O)CN(C(=O)Nc1ccc2ncccc2c1)C1CC1. The summed E-state index contributed by atoms with van der Waals surface area (Å²) in [6, 6.07) is 8.82. The molecule has 2 aromatic rings. The Morgan fingerprint density at radius 2 is 2.14 bits per heavy atom. The highest BCUT2D eigenvalue weighted by atomic mass is 16.4. The highest BCUT2D eigenvalue weighted by Crippen LogP contribution is 2.27. The van der Waals surface area contributed by atoms with Crippen LogP contribution in [0.5, 0.6) is 0 Å². The zero-order chi connectivity index (χ0) is 14.8. The summed E-state index contributed by atoms with van der Waals surface area (Å²) in [5.74, 6) is -1.00. The number of carboxylic acids is 1. The third-order valence-electron chi connectivity index (χ3n) is 3.41. The molecule has 0 spiro atoms. The van der Waals surface area contributed by atoms with Crippen LogP contribution in [0.4, 0.5) is 10.5 Å². The molecular weight excluding hydrogens is 270 g/mol. The topological polar surface area (TPSA) is 82.5 Å². The lowest BCUT2D eigenvalue weighted by molar-refractivity contribution is -0.137. The number of aliphatic carboxylic acids is 1. The molecule has 1 aromatic heterocycles. The molecule has 0 unspecified atom stereocenters. The smallest absolute Gasteiger partial charge is 0.323 e. The van der Waals surface area contributed by atoms with Crippen molar-refractivity contribution >= 4 is 28.6 Å². The number of benzene rings is 1. The van der Waals surface area contributed by atoms with Crippen LogP contribution < -0.4 is 5.32 Å². The molecule has 1 aromatic carbocycles. The summed E-state index contributed by atoms with van der Waals surface area (Å²) in [6.45, 7) is -0.272. The predicted octanol–water partition coefficient (Wildman–Crippen LogP) is 2.32. The maximum Gasteiger partial charge on any atom is 0.323 e. The molecule has 3 rings (SSSR count). The average Bonchev–Trinajstić information content (AvgIpc) is 3.29. The van der Waals surface area contributed by atoms with Gasteiger partial charge in [0, 0.05) is 23.3 Å². The molecule has 1 fully saturated rings. The molecule has 6 heteroatoms. The molecule has 1 aliphatic carbocycles. The number of anilines is 1. The van der Waals surface area contributed by atoms with Crippen molar-refractivity contribution in [2.45, 2.75) is 18.9 Å². The number of nitrogens with zero attached hydrogens (tertiary/aromatic N) is 2. The standard InChI is InChI=1S/C15H15N3O3/c19-14(20)9-18(12-4-5-12)15(21)17-11-3-6-13-10(8-11)2-1-7-16-13/h1-3,6-8,12H,4-5,9H2,(H,17,21)(H,19,20). The summed E-state index contributed by atoms with van der Waals surface area (Å²) in [5, 5.41) is 12.6. The van der Waals surface area contributed by atoms with Crippen LogP contribution in [0, 0.1) is 0 Å². The number of pyridine rings is 1. The number of carboxylic acid groups (broad SMARTS) is 1. The lowest BCUT2D eigenvalue weighted by Crippen LogP contribution is -2.40. The Hall–Kier alpha value is -2.63. The highest BCUT2D eigenvalue weighted by molar-refractivity contribution is 5.94. The fourth-order valence-corrected chi connectivity index (χ4v) is 2.25. The van der Waals surface area contributed by atoms with Gasteiger partial charge in [-0.3, -0.25) is 9.78 Å². The molecule has 1 heterocycles. The van der Waals surface area contributed by atoms with Crippen LogP contribution >= 0.6 is 0 Å². The lowest BCUT2D eigenvalue weighted by Gasteiger charge is -2.20. The van der Waals surface area contributed by atoms with Gasteiger partial charge in [0.2, 0.25) is 0 Å². The van der Waals surface area contributed by atoms with Crippen LogP contribution in [0.2, 0.25) is 0 Å². The fourth-order valence-electron chi connectivity index (χ4n) is 2.25. The van der Waals surface area contributed by atoms with Crippen molar-refractivity contribution in [1.82, 2.24) is 9.88 Å². The minimum Gasteiger partial charge on any atom is -0.480 e. The first kappa shape index (κ1) is 13.4. The van der Waals surface area contributed by atoms with Gasteiger partial charge in [-0.1, -0.05) is 6.07 Å². The first-order valence-electron chi connectivity index (χ1n) is 6.78. The van der Waals surface area contributed by atoms with Crippen molar-refractivity contribution in [3.8, 4) is 0 Å². The zero-order valence-electron chi connectivity index (χ0n) is 11.3. The molecule has 0 saturated heterocycles. The number of hydrogen-bond donors (Lipinski definition) is 2. The van der Waals surface area contributed by atoms with Crippen molar-refractivity contribution in [2.24, 2.45) is 0 Å². The van der Waals surface area contributed by atoms with E-state index >= 15 is 0 Å². The van der Waals surface area contributed by atoms with E-state index in [1.54, 1.807) is 12.3 Å². The third kappa shape index (κ3) is 3.10. The van der Waals surface area contributed by atoms with Crippen LogP contribution in [-0.2, 0) is 4.79 Å². The monoisotopic (exact) mass is 285 g/mol. The second-order valence-electron chi connectivity index (χ2n) is 5.09. The van der Waals surface area contributed by atoms with Crippen molar-refractivity contribution in [2.75, 3.05) is 11.9 Å². The highest BCUT2D eigenvalue weighted by Gasteiger charge is 2.33. The lowest BCUT2D eigenvalue weighted by atomic mass is 10.2. The van der Waals surface area contributed by atoms with Gasteiger partial charge in [0.05, 0.1) is 5.52 Å². The maximum absolute atomic E-state index is 12.2.